The average Bonchev–Trinajstić information content (AvgIpc) is 3.31. The molecule has 2 aromatic heterocycles. The Morgan fingerprint density at radius 2 is 1.97 bits per heavy atom. The first kappa shape index (κ1) is 23.3. The van der Waals surface area contributed by atoms with Gasteiger partial charge >= 0.3 is 12.3 Å². The summed E-state index contributed by atoms with van der Waals surface area (Å²) in [6.07, 6.45) is -1.45. The normalized spacial score (nSPS) is 15.8. The lowest BCUT2D eigenvalue weighted by Crippen LogP contribution is -2.42. The number of piperidine rings is 1. The molecule has 0 bridgehead atoms. The Morgan fingerprint density at radius 3 is 2.64 bits per heavy atom. The molecule has 1 aliphatic rings. The highest BCUT2D eigenvalue weighted by molar-refractivity contribution is 7.20. The van der Waals surface area contributed by atoms with Gasteiger partial charge in [-0.15, -0.1) is 5.10 Å². The molecule has 33 heavy (non-hydrogen) atoms. The number of benzene rings is 1. The standard InChI is InChI=1S/C22H26F3N5O2S/c1-21(2,3)32-20(31)29-9-7-14(8-10-29)12-26-18-28-30-17(13-27-19(30)33-18)15-5-4-6-16(11-15)22(23,24)25/h4-6,11,13-14H,7-10,12H2,1-3H3,(H,26,28). The zero-order valence-electron chi connectivity index (χ0n) is 18.6. The molecule has 1 amide bonds. The highest BCUT2D eigenvalue weighted by atomic mass is 32.1. The van der Waals surface area contributed by atoms with Crippen molar-refractivity contribution in [1.82, 2.24) is 19.5 Å². The fourth-order valence-corrected chi connectivity index (χ4v) is 4.48. The number of carbonyl (C=O) groups excluding carboxylic acids is 1. The van der Waals surface area contributed by atoms with E-state index in [1.54, 1.807) is 15.5 Å². The third-order valence-electron chi connectivity index (χ3n) is 5.38. The highest BCUT2D eigenvalue weighted by Crippen LogP contribution is 2.33. The summed E-state index contributed by atoms with van der Waals surface area (Å²) in [6, 6.07) is 5.15. The van der Waals surface area contributed by atoms with Gasteiger partial charge < -0.3 is 15.0 Å². The van der Waals surface area contributed by atoms with Gasteiger partial charge in [0.2, 0.25) is 10.1 Å². The van der Waals surface area contributed by atoms with Gasteiger partial charge in [0.15, 0.2) is 0 Å². The second-order valence-corrected chi connectivity index (χ2v) is 10.1. The number of anilines is 1. The molecule has 1 N–H and O–H groups in total. The smallest absolute Gasteiger partial charge is 0.416 e. The fourth-order valence-electron chi connectivity index (χ4n) is 3.69. The van der Waals surface area contributed by atoms with Crippen LogP contribution in [0.3, 0.4) is 0 Å². The Bertz CT molecular complexity index is 1130. The summed E-state index contributed by atoms with van der Waals surface area (Å²) in [6.45, 7) is 7.53. The van der Waals surface area contributed by atoms with E-state index in [2.05, 4.69) is 15.4 Å². The van der Waals surface area contributed by atoms with Crippen LogP contribution in [-0.2, 0) is 10.9 Å². The van der Waals surface area contributed by atoms with Crippen molar-refractivity contribution in [2.75, 3.05) is 25.0 Å². The number of alkyl halides is 3. The molecule has 0 aliphatic carbocycles. The van der Waals surface area contributed by atoms with E-state index in [1.807, 2.05) is 20.8 Å². The molecule has 0 atom stereocenters. The molecule has 4 rings (SSSR count). The first-order chi connectivity index (χ1) is 15.5. The maximum Gasteiger partial charge on any atom is 0.416 e. The van der Waals surface area contributed by atoms with Gasteiger partial charge in [-0.1, -0.05) is 23.5 Å². The minimum Gasteiger partial charge on any atom is -0.444 e. The molecule has 3 heterocycles. The fraction of sp³-hybridized carbons (Fsp3) is 0.500. The van der Waals surface area contributed by atoms with Crippen LogP contribution >= 0.6 is 11.3 Å². The summed E-state index contributed by atoms with van der Waals surface area (Å²) in [5, 5.41) is 8.48. The van der Waals surface area contributed by atoms with Gasteiger partial charge in [-0.25, -0.2) is 14.3 Å². The monoisotopic (exact) mass is 481 g/mol. The van der Waals surface area contributed by atoms with Crippen molar-refractivity contribution in [2.24, 2.45) is 5.92 Å². The number of ether oxygens (including phenoxy) is 1. The van der Waals surface area contributed by atoms with Gasteiger partial charge in [-0.3, -0.25) is 0 Å². The zero-order valence-corrected chi connectivity index (χ0v) is 19.5. The molecule has 7 nitrogen and oxygen atoms in total. The SMILES string of the molecule is CC(C)(C)OC(=O)N1CCC(CNc2nn3c(-c4cccc(C(F)(F)F)c4)cnc3s2)CC1. The third-order valence-corrected chi connectivity index (χ3v) is 6.26. The van der Waals surface area contributed by atoms with E-state index in [0.29, 0.717) is 46.9 Å². The number of likely N-dealkylation sites (tertiary alicyclic amines) is 1. The largest absolute Gasteiger partial charge is 0.444 e. The Labute approximate surface area is 193 Å². The van der Waals surface area contributed by atoms with Crippen LogP contribution < -0.4 is 5.32 Å². The van der Waals surface area contributed by atoms with E-state index >= 15 is 0 Å². The molecule has 1 aliphatic heterocycles. The second kappa shape index (κ2) is 8.85. The number of imidazole rings is 1. The molecule has 3 aromatic rings. The first-order valence-corrected chi connectivity index (χ1v) is 11.6. The van der Waals surface area contributed by atoms with Gasteiger partial charge in [0.05, 0.1) is 17.5 Å². The highest BCUT2D eigenvalue weighted by Gasteiger charge is 2.31. The van der Waals surface area contributed by atoms with Crippen LogP contribution in [0.1, 0.15) is 39.2 Å². The number of amides is 1. The second-order valence-electron chi connectivity index (χ2n) is 9.12. The molecule has 0 saturated carbocycles. The van der Waals surface area contributed by atoms with Crippen LogP contribution in [0, 0.1) is 5.92 Å². The number of fused-ring (bicyclic) bond motifs is 1. The summed E-state index contributed by atoms with van der Waals surface area (Å²) in [5.41, 5.74) is -0.304. The van der Waals surface area contributed by atoms with Crippen molar-refractivity contribution >= 4 is 27.5 Å². The number of aromatic nitrogens is 3. The Balaban J connectivity index is 1.37. The average molecular weight is 482 g/mol. The maximum absolute atomic E-state index is 13.1. The van der Waals surface area contributed by atoms with Crippen molar-refractivity contribution in [3.05, 3.63) is 36.0 Å². The van der Waals surface area contributed by atoms with Gasteiger partial charge in [-0.05, 0) is 51.7 Å². The third kappa shape index (κ3) is 5.58. The first-order valence-electron chi connectivity index (χ1n) is 10.7. The molecule has 178 valence electrons. The van der Waals surface area contributed by atoms with Crippen molar-refractivity contribution in [2.45, 2.75) is 45.4 Å². The number of hydrogen-bond acceptors (Lipinski definition) is 6. The molecular formula is C22H26F3N5O2S. The van der Waals surface area contributed by atoms with Gasteiger partial charge in [0.25, 0.3) is 0 Å². The summed E-state index contributed by atoms with van der Waals surface area (Å²) < 4.78 is 46.2. The zero-order chi connectivity index (χ0) is 23.8. The van der Waals surface area contributed by atoms with E-state index in [-0.39, 0.29) is 6.09 Å². The number of rotatable bonds is 4. The van der Waals surface area contributed by atoms with E-state index in [0.717, 1.165) is 25.0 Å². The molecular weight excluding hydrogens is 455 g/mol. The summed E-state index contributed by atoms with van der Waals surface area (Å²) in [5.74, 6) is 0.378. The minimum atomic E-state index is -4.41. The quantitative estimate of drug-likeness (QED) is 0.530. The van der Waals surface area contributed by atoms with Gasteiger partial charge in [0.1, 0.15) is 5.60 Å². The molecule has 0 radical (unpaired) electrons. The van der Waals surface area contributed by atoms with Gasteiger partial charge in [0, 0.05) is 25.2 Å². The van der Waals surface area contributed by atoms with E-state index < -0.39 is 17.3 Å². The van der Waals surface area contributed by atoms with Crippen molar-refractivity contribution in [3.8, 4) is 11.3 Å². The lowest BCUT2D eigenvalue weighted by atomic mass is 9.97. The van der Waals surface area contributed by atoms with Crippen LogP contribution in [0.15, 0.2) is 30.5 Å². The Hall–Kier alpha value is -2.82. The molecule has 0 spiro atoms. The van der Waals surface area contributed by atoms with E-state index in [1.165, 1.54) is 23.6 Å². The molecule has 1 fully saturated rings. The van der Waals surface area contributed by atoms with Crippen molar-refractivity contribution < 1.29 is 22.7 Å². The van der Waals surface area contributed by atoms with Crippen LogP contribution in [0.5, 0.6) is 0 Å². The number of nitrogens with zero attached hydrogens (tertiary/aromatic N) is 4. The Morgan fingerprint density at radius 1 is 1.24 bits per heavy atom. The molecule has 0 unspecified atom stereocenters. The summed E-state index contributed by atoms with van der Waals surface area (Å²) >= 11 is 1.35. The maximum atomic E-state index is 13.1. The number of hydrogen-bond donors (Lipinski definition) is 1. The lowest BCUT2D eigenvalue weighted by Gasteiger charge is -2.33. The number of carbonyl (C=O) groups is 1. The molecule has 1 saturated heterocycles. The van der Waals surface area contributed by atoms with Crippen molar-refractivity contribution in [1.29, 1.82) is 0 Å². The summed E-state index contributed by atoms with van der Waals surface area (Å²) in [7, 11) is 0. The Kier molecular flexibility index (Phi) is 6.26. The van der Waals surface area contributed by atoms with Crippen LogP contribution in [0.4, 0.5) is 23.1 Å². The van der Waals surface area contributed by atoms with Crippen LogP contribution in [0.2, 0.25) is 0 Å². The molecule has 11 heteroatoms. The van der Waals surface area contributed by atoms with Gasteiger partial charge in [-0.2, -0.15) is 13.2 Å². The van der Waals surface area contributed by atoms with E-state index in [4.69, 9.17) is 4.74 Å². The minimum absolute atomic E-state index is 0.280. The molecule has 1 aromatic carbocycles. The lowest BCUT2D eigenvalue weighted by molar-refractivity contribution is -0.137. The topological polar surface area (TPSA) is 71.8 Å². The number of halogens is 3. The van der Waals surface area contributed by atoms with Crippen LogP contribution in [-0.4, -0.2) is 50.8 Å². The number of nitrogens with one attached hydrogen (secondary N) is 1. The predicted octanol–water partition coefficient (Wildman–Crippen LogP) is 5.54. The van der Waals surface area contributed by atoms with Crippen molar-refractivity contribution in [3.63, 3.8) is 0 Å². The van der Waals surface area contributed by atoms with E-state index in [9.17, 15) is 18.0 Å². The predicted molar refractivity (Wildman–Crippen MR) is 120 cm³/mol. The summed E-state index contributed by atoms with van der Waals surface area (Å²) in [4.78, 5) is 18.8. The van der Waals surface area contributed by atoms with Crippen LogP contribution in [0.25, 0.3) is 16.2 Å².